The number of methoxy groups -OCH3 is 1. The maximum Gasteiger partial charge on any atom is 0.291 e. The lowest BCUT2D eigenvalue weighted by molar-refractivity contribution is 0.417. The molecule has 0 bridgehead atoms. The summed E-state index contributed by atoms with van der Waals surface area (Å²) in [5, 5.41) is 7.09. The van der Waals surface area contributed by atoms with E-state index in [0.717, 1.165) is 16.9 Å². The average molecular weight is 300 g/mol. The standard InChI is InChI=1S/C10H12N4O3S2/c1-6-3-4-8(17-2)7(5-6)14-19(15,16)10-13-12-9(11)18-10/h3-5,14H,1-2H3,(H2,11,12). The van der Waals surface area contributed by atoms with Crippen molar-refractivity contribution in [3.8, 4) is 5.75 Å². The van der Waals surface area contributed by atoms with Gasteiger partial charge in [0.15, 0.2) is 0 Å². The largest absolute Gasteiger partial charge is 0.495 e. The zero-order valence-corrected chi connectivity index (χ0v) is 11.9. The lowest BCUT2D eigenvalue weighted by Crippen LogP contribution is -2.13. The quantitative estimate of drug-likeness (QED) is 0.879. The first kappa shape index (κ1) is 13.6. The third kappa shape index (κ3) is 2.93. The van der Waals surface area contributed by atoms with Crippen LogP contribution >= 0.6 is 11.3 Å². The van der Waals surface area contributed by atoms with Gasteiger partial charge in [-0.3, -0.25) is 4.72 Å². The molecule has 1 heterocycles. The summed E-state index contributed by atoms with van der Waals surface area (Å²) < 4.78 is 31.5. The van der Waals surface area contributed by atoms with Gasteiger partial charge in [-0.15, -0.1) is 10.2 Å². The molecule has 0 aliphatic carbocycles. The van der Waals surface area contributed by atoms with E-state index in [-0.39, 0.29) is 9.47 Å². The second-order valence-corrected chi connectivity index (χ2v) is 6.58. The van der Waals surface area contributed by atoms with Crippen molar-refractivity contribution < 1.29 is 13.2 Å². The molecule has 102 valence electrons. The molecule has 0 atom stereocenters. The third-order valence-corrected chi connectivity index (χ3v) is 4.74. The highest BCUT2D eigenvalue weighted by molar-refractivity contribution is 7.94. The van der Waals surface area contributed by atoms with E-state index < -0.39 is 10.0 Å². The highest BCUT2D eigenvalue weighted by Gasteiger charge is 2.21. The Morgan fingerprint density at radius 2 is 2.11 bits per heavy atom. The van der Waals surface area contributed by atoms with Gasteiger partial charge >= 0.3 is 0 Å². The highest BCUT2D eigenvalue weighted by Crippen LogP contribution is 2.28. The molecule has 0 unspecified atom stereocenters. The topological polar surface area (TPSA) is 107 Å². The van der Waals surface area contributed by atoms with Gasteiger partial charge in [0.1, 0.15) is 5.75 Å². The molecular formula is C10H12N4O3S2. The van der Waals surface area contributed by atoms with Crippen molar-refractivity contribution in [3.05, 3.63) is 23.8 Å². The van der Waals surface area contributed by atoms with Crippen molar-refractivity contribution in [2.24, 2.45) is 0 Å². The monoisotopic (exact) mass is 300 g/mol. The fraction of sp³-hybridized carbons (Fsp3) is 0.200. The van der Waals surface area contributed by atoms with Gasteiger partial charge in [0, 0.05) is 0 Å². The maximum atomic E-state index is 12.1. The molecule has 3 N–H and O–H groups in total. The van der Waals surface area contributed by atoms with Gasteiger partial charge in [0.05, 0.1) is 12.8 Å². The van der Waals surface area contributed by atoms with E-state index in [4.69, 9.17) is 10.5 Å². The molecule has 19 heavy (non-hydrogen) atoms. The summed E-state index contributed by atoms with van der Waals surface area (Å²) in [5.74, 6) is 0.423. The molecule has 0 spiro atoms. The molecule has 2 aromatic rings. The van der Waals surface area contributed by atoms with Crippen LogP contribution in [0.1, 0.15) is 5.56 Å². The van der Waals surface area contributed by atoms with Crippen molar-refractivity contribution in [2.75, 3.05) is 17.6 Å². The Morgan fingerprint density at radius 3 is 2.68 bits per heavy atom. The highest BCUT2D eigenvalue weighted by atomic mass is 32.2. The van der Waals surface area contributed by atoms with Crippen molar-refractivity contribution in [1.82, 2.24) is 10.2 Å². The molecule has 0 fully saturated rings. The third-order valence-electron chi connectivity index (χ3n) is 2.25. The Labute approximate surface area is 114 Å². The van der Waals surface area contributed by atoms with Crippen LogP contribution in [-0.4, -0.2) is 25.7 Å². The number of hydrogen-bond acceptors (Lipinski definition) is 7. The van der Waals surface area contributed by atoms with Crippen LogP contribution in [0.15, 0.2) is 22.5 Å². The van der Waals surface area contributed by atoms with Gasteiger partial charge in [-0.1, -0.05) is 17.4 Å². The van der Waals surface area contributed by atoms with Gasteiger partial charge in [-0.2, -0.15) is 8.42 Å². The Kier molecular flexibility index (Phi) is 3.58. The number of nitrogen functional groups attached to an aromatic ring is 1. The Balaban J connectivity index is 2.38. The summed E-state index contributed by atoms with van der Waals surface area (Å²) in [6, 6.07) is 5.17. The number of rotatable bonds is 4. The molecule has 0 saturated heterocycles. The van der Waals surface area contributed by atoms with Gasteiger partial charge in [-0.25, -0.2) is 0 Å². The fourth-order valence-corrected chi connectivity index (χ4v) is 3.27. The van der Waals surface area contributed by atoms with E-state index in [1.165, 1.54) is 7.11 Å². The number of aromatic nitrogens is 2. The van der Waals surface area contributed by atoms with Crippen molar-refractivity contribution in [3.63, 3.8) is 0 Å². The van der Waals surface area contributed by atoms with Crippen molar-refractivity contribution >= 4 is 32.2 Å². The van der Waals surface area contributed by atoms with Crippen LogP contribution in [0.25, 0.3) is 0 Å². The summed E-state index contributed by atoms with van der Waals surface area (Å²) in [5.41, 5.74) is 6.62. The van der Waals surface area contributed by atoms with Crippen LogP contribution in [0.4, 0.5) is 10.8 Å². The Bertz CT molecular complexity index is 697. The first-order valence-electron chi connectivity index (χ1n) is 5.19. The van der Waals surface area contributed by atoms with E-state index in [0.29, 0.717) is 11.4 Å². The van der Waals surface area contributed by atoms with Gasteiger partial charge < -0.3 is 10.5 Å². The van der Waals surface area contributed by atoms with Crippen LogP contribution in [0.5, 0.6) is 5.75 Å². The summed E-state index contributed by atoms with van der Waals surface area (Å²) in [7, 11) is -2.34. The first-order chi connectivity index (χ1) is 8.92. The summed E-state index contributed by atoms with van der Waals surface area (Å²) in [6.07, 6.45) is 0. The van der Waals surface area contributed by atoms with E-state index >= 15 is 0 Å². The molecule has 2 rings (SSSR count). The number of aryl methyl sites for hydroxylation is 1. The molecule has 7 nitrogen and oxygen atoms in total. The molecule has 1 aromatic carbocycles. The molecule has 0 amide bonds. The summed E-state index contributed by atoms with van der Waals surface area (Å²) >= 11 is 0.796. The lowest BCUT2D eigenvalue weighted by atomic mass is 10.2. The van der Waals surface area contributed by atoms with Crippen LogP contribution < -0.4 is 15.2 Å². The number of anilines is 2. The predicted molar refractivity (Wildman–Crippen MR) is 72.9 cm³/mol. The van der Waals surface area contributed by atoms with E-state index in [2.05, 4.69) is 14.9 Å². The number of nitrogens with two attached hydrogens (primary N) is 1. The van der Waals surface area contributed by atoms with E-state index in [9.17, 15) is 8.42 Å². The van der Waals surface area contributed by atoms with Gasteiger partial charge in [-0.05, 0) is 24.6 Å². The van der Waals surface area contributed by atoms with Crippen LogP contribution in [0.2, 0.25) is 0 Å². The van der Waals surface area contributed by atoms with E-state index in [1.807, 2.05) is 13.0 Å². The minimum absolute atomic E-state index is 0.0941. The normalized spacial score (nSPS) is 11.3. The second-order valence-electron chi connectivity index (χ2n) is 3.72. The fourth-order valence-electron chi connectivity index (χ4n) is 1.42. The van der Waals surface area contributed by atoms with Crippen LogP contribution in [-0.2, 0) is 10.0 Å². The predicted octanol–water partition coefficient (Wildman–Crippen LogP) is 1.24. The zero-order chi connectivity index (χ0) is 14.0. The van der Waals surface area contributed by atoms with Crippen LogP contribution in [0.3, 0.4) is 0 Å². The minimum atomic E-state index is -3.81. The molecular weight excluding hydrogens is 288 g/mol. The molecule has 0 aliphatic rings. The Morgan fingerprint density at radius 1 is 1.37 bits per heavy atom. The zero-order valence-electron chi connectivity index (χ0n) is 10.2. The molecule has 1 aromatic heterocycles. The number of nitrogens with one attached hydrogen (secondary N) is 1. The lowest BCUT2D eigenvalue weighted by Gasteiger charge is -2.10. The molecule has 9 heteroatoms. The van der Waals surface area contributed by atoms with Gasteiger partial charge in [0.25, 0.3) is 14.4 Å². The second kappa shape index (κ2) is 5.02. The van der Waals surface area contributed by atoms with Crippen LogP contribution in [0, 0.1) is 6.92 Å². The average Bonchev–Trinajstić information content (AvgIpc) is 2.76. The number of hydrogen-bond donors (Lipinski definition) is 2. The smallest absolute Gasteiger partial charge is 0.291 e. The van der Waals surface area contributed by atoms with Gasteiger partial charge in [0.2, 0.25) is 5.13 Å². The Hall–Kier alpha value is -1.87. The number of ether oxygens (including phenoxy) is 1. The summed E-state index contributed by atoms with van der Waals surface area (Å²) in [4.78, 5) is 0. The summed E-state index contributed by atoms with van der Waals surface area (Å²) in [6.45, 7) is 1.85. The minimum Gasteiger partial charge on any atom is -0.495 e. The molecule has 0 radical (unpaired) electrons. The number of nitrogens with zero attached hydrogens (tertiary/aromatic N) is 2. The number of sulfonamides is 1. The first-order valence-corrected chi connectivity index (χ1v) is 7.49. The SMILES string of the molecule is COc1ccc(C)cc1NS(=O)(=O)c1nnc(N)s1. The maximum absolute atomic E-state index is 12.1. The van der Waals surface area contributed by atoms with E-state index in [1.54, 1.807) is 12.1 Å². The van der Waals surface area contributed by atoms with Crippen molar-refractivity contribution in [2.45, 2.75) is 11.3 Å². The molecule has 0 saturated carbocycles. The van der Waals surface area contributed by atoms with Crippen molar-refractivity contribution in [1.29, 1.82) is 0 Å². The number of benzene rings is 1. The molecule has 0 aliphatic heterocycles.